The lowest BCUT2D eigenvalue weighted by Gasteiger charge is -2.04. The van der Waals surface area contributed by atoms with E-state index >= 15 is 0 Å². The molecule has 0 aliphatic carbocycles. The zero-order valence-electron chi connectivity index (χ0n) is 8.12. The molecule has 0 bridgehead atoms. The van der Waals surface area contributed by atoms with Gasteiger partial charge in [-0.2, -0.15) is 0 Å². The maximum absolute atomic E-state index is 8.57. The summed E-state index contributed by atoms with van der Waals surface area (Å²) in [6.07, 6.45) is 1.98. The van der Waals surface area contributed by atoms with E-state index in [2.05, 4.69) is 17.4 Å². The molecule has 0 saturated carbocycles. The molecule has 14 heavy (non-hydrogen) atoms. The van der Waals surface area contributed by atoms with Gasteiger partial charge in [0.25, 0.3) is 0 Å². The monoisotopic (exact) mass is 193 g/mol. The Balaban J connectivity index is 1.98. The van der Waals surface area contributed by atoms with E-state index < -0.39 is 0 Å². The minimum atomic E-state index is 0.0497. The third-order valence-electron chi connectivity index (χ3n) is 2.46. The molecule has 1 aromatic rings. The topological polar surface area (TPSA) is 41.5 Å². The molecule has 3 heteroatoms. The van der Waals surface area contributed by atoms with Crippen LogP contribution in [0.15, 0.2) is 18.2 Å². The number of aliphatic hydroxyl groups is 1. The van der Waals surface area contributed by atoms with E-state index in [4.69, 9.17) is 9.84 Å². The van der Waals surface area contributed by atoms with E-state index in [1.807, 2.05) is 6.07 Å². The Hall–Kier alpha value is -1.06. The fraction of sp³-hybridized carbons (Fsp3) is 0.455. The van der Waals surface area contributed by atoms with Gasteiger partial charge in [-0.15, -0.1) is 0 Å². The molecule has 1 aromatic carbocycles. The van der Waals surface area contributed by atoms with Crippen LogP contribution in [-0.2, 0) is 12.8 Å². The molecular weight excluding hydrogens is 178 g/mol. The van der Waals surface area contributed by atoms with E-state index in [1.54, 1.807) is 0 Å². The highest BCUT2D eigenvalue weighted by Crippen LogP contribution is 2.25. The van der Waals surface area contributed by atoms with Gasteiger partial charge in [0, 0.05) is 13.0 Å². The largest absolute Gasteiger partial charge is 0.493 e. The Kier molecular flexibility index (Phi) is 3.01. The second-order valence-corrected chi connectivity index (χ2v) is 3.45. The summed E-state index contributed by atoms with van der Waals surface area (Å²) in [6.45, 7) is 1.68. The lowest BCUT2D eigenvalue weighted by molar-refractivity contribution is 0.262. The maximum atomic E-state index is 8.57. The summed E-state index contributed by atoms with van der Waals surface area (Å²) in [7, 11) is 0. The van der Waals surface area contributed by atoms with Crippen LogP contribution in [0.2, 0.25) is 0 Å². The fourth-order valence-corrected chi connectivity index (χ4v) is 1.71. The van der Waals surface area contributed by atoms with Crippen molar-refractivity contribution in [2.24, 2.45) is 0 Å². The predicted molar refractivity (Wildman–Crippen MR) is 54.4 cm³/mol. The first-order valence-electron chi connectivity index (χ1n) is 4.96. The van der Waals surface area contributed by atoms with Crippen LogP contribution in [0.4, 0.5) is 0 Å². The van der Waals surface area contributed by atoms with Crippen molar-refractivity contribution in [1.82, 2.24) is 5.32 Å². The number of aliphatic hydroxyl groups excluding tert-OH is 1. The summed E-state index contributed by atoms with van der Waals surface area (Å²) >= 11 is 0. The lowest BCUT2D eigenvalue weighted by atomic mass is 10.1. The number of fused-ring (bicyclic) bond motifs is 1. The van der Waals surface area contributed by atoms with Crippen molar-refractivity contribution < 1.29 is 9.84 Å². The van der Waals surface area contributed by atoms with Gasteiger partial charge in [-0.1, -0.05) is 12.1 Å². The molecular formula is C11H15NO2. The van der Waals surface area contributed by atoms with Crippen molar-refractivity contribution in [3.05, 3.63) is 29.3 Å². The van der Waals surface area contributed by atoms with E-state index in [-0.39, 0.29) is 6.73 Å². The van der Waals surface area contributed by atoms with Crippen LogP contribution in [0.1, 0.15) is 11.1 Å². The van der Waals surface area contributed by atoms with Crippen LogP contribution in [0.25, 0.3) is 0 Å². The van der Waals surface area contributed by atoms with Gasteiger partial charge in [0.2, 0.25) is 0 Å². The summed E-state index contributed by atoms with van der Waals surface area (Å²) in [5.41, 5.74) is 2.61. The zero-order chi connectivity index (χ0) is 9.80. The average molecular weight is 193 g/mol. The molecule has 0 amide bonds. The van der Waals surface area contributed by atoms with E-state index in [0.717, 1.165) is 31.7 Å². The highest BCUT2D eigenvalue weighted by atomic mass is 16.5. The van der Waals surface area contributed by atoms with Gasteiger partial charge < -0.3 is 9.84 Å². The van der Waals surface area contributed by atoms with Crippen molar-refractivity contribution in [2.75, 3.05) is 19.9 Å². The van der Waals surface area contributed by atoms with Gasteiger partial charge in [-0.05, 0) is 23.6 Å². The lowest BCUT2D eigenvalue weighted by Crippen LogP contribution is -2.17. The summed E-state index contributed by atoms with van der Waals surface area (Å²) in [5, 5.41) is 11.5. The highest BCUT2D eigenvalue weighted by Gasteiger charge is 2.11. The maximum Gasteiger partial charge on any atom is 0.122 e. The Morgan fingerprint density at radius 3 is 3.21 bits per heavy atom. The molecule has 1 aliphatic heterocycles. The van der Waals surface area contributed by atoms with Crippen molar-refractivity contribution in [3.63, 3.8) is 0 Å². The van der Waals surface area contributed by atoms with Gasteiger partial charge in [-0.3, -0.25) is 5.32 Å². The number of hydrogen-bond donors (Lipinski definition) is 2. The highest BCUT2D eigenvalue weighted by molar-refractivity contribution is 5.39. The standard InChI is InChI=1S/C11H15NO2/c13-8-12-5-3-9-1-2-11-10(7-9)4-6-14-11/h1-2,7,12-13H,3-6,8H2. The quantitative estimate of drug-likeness (QED) is 0.546. The second kappa shape index (κ2) is 4.44. The molecule has 76 valence electrons. The Morgan fingerprint density at radius 2 is 2.36 bits per heavy atom. The molecule has 0 fully saturated rings. The summed E-state index contributed by atoms with van der Waals surface area (Å²) in [5.74, 6) is 1.03. The Morgan fingerprint density at radius 1 is 1.43 bits per heavy atom. The predicted octanol–water partition coefficient (Wildman–Crippen LogP) is 0.703. The molecule has 3 nitrogen and oxygen atoms in total. The van der Waals surface area contributed by atoms with Crippen LogP contribution in [0.5, 0.6) is 5.75 Å². The van der Waals surface area contributed by atoms with Crippen LogP contribution in [-0.4, -0.2) is 25.0 Å². The van der Waals surface area contributed by atoms with E-state index in [1.165, 1.54) is 11.1 Å². The summed E-state index contributed by atoms with van der Waals surface area (Å²) < 4.78 is 5.42. The third-order valence-corrected chi connectivity index (χ3v) is 2.46. The first kappa shape index (κ1) is 9.49. The van der Waals surface area contributed by atoms with Crippen molar-refractivity contribution in [3.8, 4) is 5.75 Å². The van der Waals surface area contributed by atoms with Gasteiger partial charge in [0.1, 0.15) is 5.75 Å². The van der Waals surface area contributed by atoms with Crippen LogP contribution < -0.4 is 10.1 Å². The number of hydrogen-bond acceptors (Lipinski definition) is 3. The zero-order valence-corrected chi connectivity index (χ0v) is 8.12. The Bertz CT molecular complexity index is 312. The molecule has 1 aliphatic rings. The van der Waals surface area contributed by atoms with Crippen LogP contribution >= 0.6 is 0 Å². The minimum absolute atomic E-state index is 0.0497. The van der Waals surface area contributed by atoms with Gasteiger partial charge in [0.15, 0.2) is 0 Å². The summed E-state index contributed by atoms with van der Waals surface area (Å²) in [4.78, 5) is 0. The molecule has 0 aromatic heterocycles. The van der Waals surface area contributed by atoms with Gasteiger partial charge in [-0.25, -0.2) is 0 Å². The molecule has 0 unspecified atom stereocenters. The van der Waals surface area contributed by atoms with Crippen LogP contribution in [0, 0.1) is 0 Å². The smallest absolute Gasteiger partial charge is 0.122 e. The first-order valence-corrected chi connectivity index (χ1v) is 4.96. The SMILES string of the molecule is OCNCCc1ccc2c(c1)CCO2. The second-order valence-electron chi connectivity index (χ2n) is 3.45. The molecule has 0 spiro atoms. The molecule has 0 radical (unpaired) electrons. The molecule has 0 saturated heterocycles. The number of nitrogens with one attached hydrogen (secondary N) is 1. The van der Waals surface area contributed by atoms with Gasteiger partial charge >= 0.3 is 0 Å². The van der Waals surface area contributed by atoms with Crippen LogP contribution in [0.3, 0.4) is 0 Å². The van der Waals surface area contributed by atoms with Crippen molar-refractivity contribution >= 4 is 0 Å². The third kappa shape index (κ3) is 2.05. The number of rotatable bonds is 4. The number of ether oxygens (including phenoxy) is 1. The van der Waals surface area contributed by atoms with Crippen molar-refractivity contribution in [1.29, 1.82) is 0 Å². The summed E-state index contributed by atoms with van der Waals surface area (Å²) in [6, 6.07) is 6.32. The molecule has 1 heterocycles. The van der Waals surface area contributed by atoms with Gasteiger partial charge in [0.05, 0.1) is 13.3 Å². The first-order chi connectivity index (χ1) is 6.90. The molecule has 0 atom stereocenters. The van der Waals surface area contributed by atoms with Crippen molar-refractivity contribution in [2.45, 2.75) is 12.8 Å². The minimum Gasteiger partial charge on any atom is -0.493 e. The Labute approximate surface area is 83.7 Å². The molecule has 2 N–H and O–H groups in total. The number of benzene rings is 1. The van der Waals surface area contributed by atoms with E-state index in [9.17, 15) is 0 Å². The van der Waals surface area contributed by atoms with E-state index in [0.29, 0.717) is 0 Å². The average Bonchev–Trinajstić information content (AvgIpc) is 2.65. The normalized spacial score (nSPS) is 13.8. The molecule has 2 rings (SSSR count). The fourth-order valence-electron chi connectivity index (χ4n) is 1.71.